The Morgan fingerprint density at radius 1 is 0.821 bits per heavy atom. The number of aromatic nitrogens is 2. The Morgan fingerprint density at radius 3 is 2.00 bits per heavy atom. The Labute approximate surface area is 164 Å². The van der Waals surface area contributed by atoms with Crippen LogP contribution in [0, 0.1) is 0 Å². The summed E-state index contributed by atoms with van der Waals surface area (Å²) in [5.74, 6) is -0.00166. The first-order chi connectivity index (χ1) is 13.6. The Balaban J connectivity index is 1.71. The molecule has 0 aliphatic carbocycles. The van der Waals surface area contributed by atoms with E-state index in [2.05, 4.69) is 5.10 Å². The third kappa shape index (κ3) is 3.41. The Kier molecular flexibility index (Phi) is 4.93. The predicted molar refractivity (Wildman–Crippen MR) is 107 cm³/mol. The molecule has 0 saturated carbocycles. The van der Waals surface area contributed by atoms with Crippen LogP contribution in [-0.4, -0.2) is 57.6 Å². The van der Waals surface area contributed by atoms with Gasteiger partial charge in [0, 0.05) is 38.7 Å². The molecule has 4 rings (SSSR count). The molecule has 1 aliphatic heterocycles. The molecule has 0 unspecified atom stereocenters. The molecule has 6 heteroatoms. The van der Waals surface area contributed by atoms with E-state index >= 15 is 0 Å². The summed E-state index contributed by atoms with van der Waals surface area (Å²) in [6.45, 7) is 3.75. The van der Waals surface area contributed by atoms with Crippen LogP contribution in [0.2, 0.25) is 0 Å². The summed E-state index contributed by atoms with van der Waals surface area (Å²) in [6.07, 6.45) is 1.65. The first kappa shape index (κ1) is 18.0. The summed E-state index contributed by atoms with van der Waals surface area (Å²) < 4.78 is 1.81. The van der Waals surface area contributed by atoms with Gasteiger partial charge in [-0.25, -0.2) is 4.68 Å². The van der Waals surface area contributed by atoms with E-state index in [1.165, 1.54) is 0 Å². The van der Waals surface area contributed by atoms with Gasteiger partial charge in [-0.05, 0) is 12.1 Å². The molecule has 1 aliphatic rings. The molecular weight excluding hydrogens is 352 g/mol. The Bertz CT molecular complexity index is 974. The van der Waals surface area contributed by atoms with Crippen LogP contribution in [-0.2, 0) is 4.79 Å². The zero-order valence-electron chi connectivity index (χ0n) is 15.8. The van der Waals surface area contributed by atoms with Crippen LogP contribution in [0.1, 0.15) is 17.3 Å². The lowest BCUT2D eigenvalue weighted by molar-refractivity contribution is -0.130. The summed E-state index contributed by atoms with van der Waals surface area (Å²) in [7, 11) is 0. The van der Waals surface area contributed by atoms with Crippen molar-refractivity contribution in [1.82, 2.24) is 19.6 Å². The molecule has 0 N–H and O–H groups in total. The molecule has 0 bridgehead atoms. The van der Waals surface area contributed by atoms with Crippen molar-refractivity contribution in [2.24, 2.45) is 0 Å². The number of hydrogen-bond acceptors (Lipinski definition) is 3. The minimum absolute atomic E-state index is 0.0500. The van der Waals surface area contributed by atoms with Gasteiger partial charge in [0.25, 0.3) is 5.91 Å². The van der Waals surface area contributed by atoms with E-state index in [9.17, 15) is 9.59 Å². The van der Waals surface area contributed by atoms with E-state index in [1.54, 1.807) is 22.9 Å². The molecule has 6 nitrogen and oxygen atoms in total. The van der Waals surface area contributed by atoms with E-state index in [0.717, 1.165) is 16.9 Å². The maximum atomic E-state index is 13.3. The van der Waals surface area contributed by atoms with Crippen LogP contribution in [0.5, 0.6) is 0 Å². The fraction of sp³-hybridized carbons (Fsp3) is 0.227. The molecule has 2 aromatic carbocycles. The molecule has 1 aromatic heterocycles. The topological polar surface area (TPSA) is 58.4 Å². The van der Waals surface area contributed by atoms with Crippen molar-refractivity contribution in [2.75, 3.05) is 26.2 Å². The fourth-order valence-corrected chi connectivity index (χ4v) is 3.54. The van der Waals surface area contributed by atoms with E-state index in [4.69, 9.17) is 0 Å². The average molecular weight is 374 g/mol. The number of carbonyl (C=O) groups is 2. The van der Waals surface area contributed by atoms with Crippen LogP contribution in [0.15, 0.2) is 66.9 Å². The Morgan fingerprint density at radius 2 is 1.39 bits per heavy atom. The van der Waals surface area contributed by atoms with Crippen molar-refractivity contribution < 1.29 is 9.59 Å². The number of nitrogens with zero attached hydrogens (tertiary/aromatic N) is 4. The van der Waals surface area contributed by atoms with E-state index in [1.807, 2.05) is 65.3 Å². The Hall–Kier alpha value is -3.41. The smallest absolute Gasteiger partial charge is 0.257 e. The number of amides is 2. The van der Waals surface area contributed by atoms with Crippen LogP contribution in [0.4, 0.5) is 0 Å². The maximum Gasteiger partial charge on any atom is 0.257 e. The van der Waals surface area contributed by atoms with E-state index in [-0.39, 0.29) is 11.8 Å². The molecule has 28 heavy (non-hydrogen) atoms. The molecule has 1 fully saturated rings. The van der Waals surface area contributed by atoms with Gasteiger partial charge in [-0.2, -0.15) is 5.10 Å². The van der Waals surface area contributed by atoms with Crippen molar-refractivity contribution in [3.05, 3.63) is 72.4 Å². The van der Waals surface area contributed by atoms with Gasteiger partial charge in [-0.3, -0.25) is 9.59 Å². The normalized spacial score (nSPS) is 14.2. The van der Waals surface area contributed by atoms with Crippen molar-refractivity contribution in [1.29, 1.82) is 0 Å². The maximum absolute atomic E-state index is 13.3. The first-order valence-corrected chi connectivity index (χ1v) is 9.39. The highest BCUT2D eigenvalue weighted by molar-refractivity contribution is 6.00. The van der Waals surface area contributed by atoms with Crippen LogP contribution >= 0.6 is 0 Å². The highest BCUT2D eigenvalue weighted by atomic mass is 16.2. The first-order valence-electron chi connectivity index (χ1n) is 9.39. The van der Waals surface area contributed by atoms with Gasteiger partial charge >= 0.3 is 0 Å². The number of para-hydroxylation sites is 1. The van der Waals surface area contributed by atoms with Gasteiger partial charge in [0.15, 0.2) is 0 Å². The number of rotatable bonds is 3. The lowest BCUT2D eigenvalue weighted by Gasteiger charge is -2.34. The van der Waals surface area contributed by atoms with Gasteiger partial charge < -0.3 is 9.80 Å². The zero-order chi connectivity index (χ0) is 19.5. The quantitative estimate of drug-likeness (QED) is 0.708. The predicted octanol–water partition coefficient (Wildman–Crippen LogP) is 2.84. The summed E-state index contributed by atoms with van der Waals surface area (Å²) >= 11 is 0. The molecule has 2 amide bonds. The lowest BCUT2D eigenvalue weighted by atomic mass is 10.1. The minimum atomic E-state index is -0.0516. The third-order valence-electron chi connectivity index (χ3n) is 5.06. The van der Waals surface area contributed by atoms with E-state index in [0.29, 0.717) is 31.7 Å². The third-order valence-corrected chi connectivity index (χ3v) is 5.06. The van der Waals surface area contributed by atoms with Gasteiger partial charge in [0.2, 0.25) is 5.91 Å². The number of hydrogen-bond donors (Lipinski definition) is 0. The molecule has 0 radical (unpaired) electrons. The largest absolute Gasteiger partial charge is 0.339 e. The molecule has 0 atom stereocenters. The molecular formula is C22H22N4O2. The van der Waals surface area contributed by atoms with Gasteiger partial charge in [0.05, 0.1) is 23.1 Å². The van der Waals surface area contributed by atoms with Gasteiger partial charge in [-0.1, -0.05) is 48.5 Å². The monoisotopic (exact) mass is 374 g/mol. The summed E-state index contributed by atoms with van der Waals surface area (Å²) in [6, 6.07) is 19.6. The summed E-state index contributed by atoms with van der Waals surface area (Å²) in [5, 5.41) is 4.53. The average Bonchev–Trinajstić information content (AvgIpc) is 3.19. The lowest BCUT2D eigenvalue weighted by Crippen LogP contribution is -2.50. The second kappa shape index (κ2) is 7.68. The van der Waals surface area contributed by atoms with E-state index < -0.39 is 0 Å². The van der Waals surface area contributed by atoms with Crippen molar-refractivity contribution in [3.8, 4) is 16.9 Å². The summed E-state index contributed by atoms with van der Waals surface area (Å²) in [4.78, 5) is 28.4. The fourth-order valence-electron chi connectivity index (χ4n) is 3.54. The van der Waals surface area contributed by atoms with Crippen molar-refractivity contribution >= 4 is 11.8 Å². The molecule has 0 spiro atoms. The highest BCUT2D eigenvalue weighted by Gasteiger charge is 2.27. The number of piperazine rings is 1. The number of carbonyl (C=O) groups excluding carboxylic acids is 2. The zero-order valence-corrected chi connectivity index (χ0v) is 15.8. The van der Waals surface area contributed by atoms with Crippen LogP contribution in [0.3, 0.4) is 0 Å². The second-order valence-corrected chi connectivity index (χ2v) is 6.82. The van der Waals surface area contributed by atoms with Gasteiger partial charge in [-0.15, -0.1) is 0 Å². The number of benzene rings is 2. The highest BCUT2D eigenvalue weighted by Crippen LogP contribution is 2.28. The standard InChI is InChI=1S/C22H22N4O2/c1-17(27)24-12-14-25(15-13-24)22(28)20-16-23-26(19-10-6-3-7-11-19)21(20)18-8-4-2-5-9-18/h2-11,16H,12-15H2,1H3. The van der Waals surface area contributed by atoms with Crippen LogP contribution in [0.25, 0.3) is 16.9 Å². The molecule has 3 aromatic rings. The van der Waals surface area contributed by atoms with Gasteiger partial charge in [0.1, 0.15) is 0 Å². The summed E-state index contributed by atoms with van der Waals surface area (Å²) in [5.41, 5.74) is 3.20. The molecule has 2 heterocycles. The molecule has 1 saturated heterocycles. The minimum Gasteiger partial charge on any atom is -0.339 e. The van der Waals surface area contributed by atoms with Crippen LogP contribution < -0.4 is 0 Å². The molecule has 142 valence electrons. The SMILES string of the molecule is CC(=O)N1CCN(C(=O)c2cnn(-c3ccccc3)c2-c2ccccc2)CC1. The second-order valence-electron chi connectivity index (χ2n) is 6.82. The van der Waals surface area contributed by atoms with Crippen molar-refractivity contribution in [2.45, 2.75) is 6.92 Å². The van der Waals surface area contributed by atoms with Crippen molar-refractivity contribution in [3.63, 3.8) is 0 Å².